The molecule has 1 heterocycles. The lowest BCUT2D eigenvalue weighted by atomic mass is 10.1. The van der Waals surface area contributed by atoms with Gasteiger partial charge in [-0.15, -0.1) is 0 Å². The van der Waals surface area contributed by atoms with E-state index in [1.165, 1.54) is 7.11 Å². The van der Waals surface area contributed by atoms with Gasteiger partial charge in [0.2, 0.25) is 10.0 Å². The highest BCUT2D eigenvalue weighted by atomic mass is 32.2. The third-order valence-electron chi connectivity index (χ3n) is 3.45. The van der Waals surface area contributed by atoms with Crippen molar-refractivity contribution in [3.8, 4) is 0 Å². The maximum Gasteiger partial charge on any atom is 0.243 e. The van der Waals surface area contributed by atoms with E-state index < -0.39 is 10.0 Å². The number of hydrogen-bond acceptors (Lipinski definition) is 4. The minimum Gasteiger partial charge on any atom is -0.399 e. The molecular formula is C14H20N2O3S. The molecule has 0 saturated carbocycles. The first-order chi connectivity index (χ1) is 9.55. The second-order valence-corrected chi connectivity index (χ2v) is 6.79. The molecule has 5 nitrogen and oxygen atoms in total. The maximum absolute atomic E-state index is 12.5. The topological polar surface area (TPSA) is 59.0 Å². The normalized spacial score (nSPS) is 18.0. The number of piperidine rings is 1. The highest BCUT2D eigenvalue weighted by Gasteiger charge is 2.25. The molecule has 1 aliphatic rings. The molecule has 0 atom stereocenters. The van der Waals surface area contributed by atoms with Gasteiger partial charge in [0.15, 0.2) is 0 Å². The van der Waals surface area contributed by atoms with Crippen molar-refractivity contribution in [1.29, 1.82) is 0 Å². The van der Waals surface area contributed by atoms with Crippen LogP contribution in [0.3, 0.4) is 0 Å². The van der Waals surface area contributed by atoms with E-state index in [4.69, 9.17) is 4.84 Å². The Morgan fingerprint density at radius 1 is 1.15 bits per heavy atom. The van der Waals surface area contributed by atoms with E-state index in [0.29, 0.717) is 18.0 Å². The summed E-state index contributed by atoms with van der Waals surface area (Å²) >= 11 is 0. The summed E-state index contributed by atoms with van der Waals surface area (Å²) in [7, 11) is -1.87. The minimum atomic E-state index is -3.35. The largest absolute Gasteiger partial charge is 0.399 e. The van der Waals surface area contributed by atoms with E-state index in [-0.39, 0.29) is 0 Å². The maximum atomic E-state index is 12.5. The van der Waals surface area contributed by atoms with Gasteiger partial charge in [0, 0.05) is 13.1 Å². The van der Waals surface area contributed by atoms with E-state index >= 15 is 0 Å². The number of oxime groups is 1. The van der Waals surface area contributed by atoms with Crippen LogP contribution >= 0.6 is 0 Å². The van der Waals surface area contributed by atoms with E-state index in [2.05, 4.69) is 5.16 Å². The van der Waals surface area contributed by atoms with Crippen LogP contribution in [0, 0.1) is 0 Å². The molecule has 0 N–H and O–H groups in total. The Bertz CT molecular complexity index is 573. The SMILES string of the molecule is CON=C(C)c1ccc(S(=O)(=O)N2CCCCC2)cc1. The predicted molar refractivity (Wildman–Crippen MR) is 78.3 cm³/mol. The van der Waals surface area contributed by atoms with Crippen molar-refractivity contribution in [2.75, 3.05) is 20.2 Å². The molecule has 0 aromatic heterocycles. The van der Waals surface area contributed by atoms with Crippen LogP contribution in [0.15, 0.2) is 34.3 Å². The van der Waals surface area contributed by atoms with E-state index in [1.807, 2.05) is 6.92 Å². The fourth-order valence-corrected chi connectivity index (χ4v) is 3.83. The summed E-state index contributed by atoms with van der Waals surface area (Å²) in [5.41, 5.74) is 1.57. The van der Waals surface area contributed by atoms with E-state index in [1.54, 1.807) is 28.6 Å². The molecule has 0 bridgehead atoms. The van der Waals surface area contributed by atoms with Gasteiger partial charge in [-0.05, 0) is 37.5 Å². The van der Waals surface area contributed by atoms with Crippen molar-refractivity contribution in [3.05, 3.63) is 29.8 Å². The second-order valence-electron chi connectivity index (χ2n) is 4.85. The molecule has 2 rings (SSSR count). The van der Waals surface area contributed by atoms with Crippen molar-refractivity contribution in [2.45, 2.75) is 31.1 Å². The Kier molecular flexibility index (Phi) is 4.77. The predicted octanol–water partition coefficient (Wildman–Crippen LogP) is 2.23. The van der Waals surface area contributed by atoms with Crippen LogP contribution in [0.2, 0.25) is 0 Å². The Morgan fingerprint density at radius 3 is 2.30 bits per heavy atom. The van der Waals surface area contributed by atoms with Crippen LogP contribution in [0.1, 0.15) is 31.7 Å². The Labute approximate surface area is 120 Å². The molecule has 6 heteroatoms. The van der Waals surface area contributed by atoms with Crippen molar-refractivity contribution < 1.29 is 13.3 Å². The Hall–Kier alpha value is -1.40. The summed E-state index contributed by atoms with van der Waals surface area (Å²) in [6, 6.07) is 6.78. The first kappa shape index (κ1) is 15.0. The average Bonchev–Trinajstić information content (AvgIpc) is 2.48. The van der Waals surface area contributed by atoms with Gasteiger partial charge >= 0.3 is 0 Å². The van der Waals surface area contributed by atoms with Gasteiger partial charge in [0.05, 0.1) is 10.6 Å². The summed E-state index contributed by atoms with van der Waals surface area (Å²) < 4.78 is 26.5. The molecule has 20 heavy (non-hydrogen) atoms. The molecule has 0 radical (unpaired) electrons. The van der Waals surface area contributed by atoms with Gasteiger partial charge in [-0.2, -0.15) is 4.31 Å². The van der Waals surface area contributed by atoms with Gasteiger partial charge < -0.3 is 4.84 Å². The monoisotopic (exact) mass is 296 g/mol. The van der Waals surface area contributed by atoms with Gasteiger partial charge in [0.25, 0.3) is 0 Å². The lowest BCUT2D eigenvalue weighted by Crippen LogP contribution is -2.35. The summed E-state index contributed by atoms with van der Waals surface area (Å²) in [6.07, 6.45) is 2.99. The number of sulfonamides is 1. The van der Waals surface area contributed by atoms with E-state index in [9.17, 15) is 8.42 Å². The zero-order valence-electron chi connectivity index (χ0n) is 11.9. The first-order valence-corrected chi connectivity index (χ1v) is 8.18. The van der Waals surface area contributed by atoms with E-state index in [0.717, 1.165) is 30.5 Å². The summed E-state index contributed by atoms with van der Waals surface area (Å²) in [5, 5.41) is 3.83. The third-order valence-corrected chi connectivity index (χ3v) is 5.37. The number of hydrogen-bond donors (Lipinski definition) is 0. The van der Waals surface area contributed by atoms with Gasteiger partial charge in [0.1, 0.15) is 7.11 Å². The first-order valence-electron chi connectivity index (χ1n) is 6.74. The van der Waals surface area contributed by atoms with Gasteiger partial charge in [-0.25, -0.2) is 8.42 Å². The second kappa shape index (κ2) is 6.37. The zero-order valence-corrected chi connectivity index (χ0v) is 12.7. The lowest BCUT2D eigenvalue weighted by Gasteiger charge is -2.25. The fraction of sp³-hybridized carbons (Fsp3) is 0.500. The third kappa shape index (κ3) is 3.19. The van der Waals surface area contributed by atoms with Crippen LogP contribution in [-0.4, -0.2) is 38.6 Å². The lowest BCUT2D eigenvalue weighted by molar-refractivity contribution is 0.213. The Balaban J connectivity index is 2.22. The van der Waals surface area contributed by atoms with Crippen LogP contribution in [0.5, 0.6) is 0 Å². The van der Waals surface area contributed by atoms with Crippen LogP contribution < -0.4 is 0 Å². The molecule has 1 aromatic carbocycles. The fourth-order valence-electron chi connectivity index (χ4n) is 2.31. The van der Waals surface area contributed by atoms with Gasteiger partial charge in [-0.3, -0.25) is 0 Å². The number of rotatable bonds is 4. The molecule has 1 saturated heterocycles. The average molecular weight is 296 g/mol. The Morgan fingerprint density at radius 2 is 1.75 bits per heavy atom. The van der Waals surface area contributed by atoms with Gasteiger partial charge in [-0.1, -0.05) is 23.7 Å². The van der Waals surface area contributed by atoms with Crippen LogP contribution in [-0.2, 0) is 14.9 Å². The number of benzene rings is 1. The summed E-state index contributed by atoms with van der Waals surface area (Å²) in [6.45, 7) is 3.06. The minimum absolute atomic E-state index is 0.341. The summed E-state index contributed by atoms with van der Waals surface area (Å²) in [4.78, 5) is 5.05. The zero-order chi connectivity index (χ0) is 14.6. The molecule has 0 aliphatic carbocycles. The van der Waals surface area contributed by atoms with Crippen molar-refractivity contribution >= 4 is 15.7 Å². The molecule has 1 aromatic rings. The van der Waals surface area contributed by atoms with Crippen molar-refractivity contribution in [1.82, 2.24) is 4.31 Å². The quantitative estimate of drug-likeness (QED) is 0.632. The summed E-state index contributed by atoms with van der Waals surface area (Å²) in [5.74, 6) is 0. The molecule has 1 aliphatic heterocycles. The molecule has 0 spiro atoms. The smallest absolute Gasteiger partial charge is 0.243 e. The van der Waals surface area contributed by atoms with Crippen molar-refractivity contribution in [3.63, 3.8) is 0 Å². The standard InChI is InChI=1S/C14H20N2O3S/c1-12(15-19-2)13-6-8-14(9-7-13)20(17,18)16-10-4-3-5-11-16/h6-9H,3-5,10-11H2,1-2H3. The number of nitrogens with zero attached hydrogens (tertiary/aromatic N) is 2. The highest BCUT2D eigenvalue weighted by Crippen LogP contribution is 2.21. The molecule has 0 unspecified atom stereocenters. The van der Waals surface area contributed by atoms with Crippen LogP contribution in [0.4, 0.5) is 0 Å². The molecule has 1 fully saturated rings. The van der Waals surface area contributed by atoms with Crippen molar-refractivity contribution in [2.24, 2.45) is 5.16 Å². The molecule has 110 valence electrons. The molecule has 0 amide bonds. The van der Waals surface area contributed by atoms with Crippen LogP contribution in [0.25, 0.3) is 0 Å². The molecular weight excluding hydrogens is 276 g/mol. The highest BCUT2D eigenvalue weighted by molar-refractivity contribution is 7.89.